The van der Waals surface area contributed by atoms with Gasteiger partial charge in [-0.05, 0) is 36.7 Å². The minimum atomic E-state index is 0.511. The first-order valence-corrected chi connectivity index (χ1v) is 5.98. The smallest absolute Gasteiger partial charge is 0.119 e. The first-order chi connectivity index (χ1) is 7.86. The number of hydrogen-bond acceptors (Lipinski definition) is 2. The van der Waals surface area contributed by atoms with E-state index >= 15 is 0 Å². The molecule has 0 spiro atoms. The van der Waals surface area contributed by atoms with Crippen molar-refractivity contribution in [1.82, 2.24) is 5.32 Å². The molecule has 0 radical (unpaired) electrons. The Hall–Kier alpha value is -0.990. The second-order valence-electron chi connectivity index (χ2n) is 3.49. The molecule has 0 aromatic heterocycles. The molecule has 1 aromatic carbocycles. The second kappa shape index (κ2) is 8.20. The van der Waals surface area contributed by atoms with Crippen LogP contribution in [0, 0.1) is 0 Å². The van der Waals surface area contributed by atoms with Crippen molar-refractivity contribution in [2.45, 2.75) is 19.9 Å². The summed E-state index contributed by atoms with van der Waals surface area (Å²) in [6, 6.07) is 8.10. The third-order valence-electron chi connectivity index (χ3n) is 2.11. The molecule has 0 aliphatic rings. The summed E-state index contributed by atoms with van der Waals surface area (Å²) in [7, 11) is 0. The van der Waals surface area contributed by atoms with Crippen molar-refractivity contribution in [1.29, 1.82) is 0 Å². The molecular formula is C13H18ClNO. The fourth-order valence-corrected chi connectivity index (χ4v) is 1.37. The topological polar surface area (TPSA) is 21.3 Å². The normalized spacial score (nSPS) is 10.9. The molecule has 0 aliphatic heterocycles. The fraction of sp³-hybridized carbons (Fsp3) is 0.385. The highest BCUT2D eigenvalue weighted by Crippen LogP contribution is 2.12. The van der Waals surface area contributed by atoms with Crippen LogP contribution in [-0.2, 0) is 6.54 Å². The Balaban J connectivity index is 2.35. The number of nitrogens with one attached hydrogen (secondary N) is 1. The van der Waals surface area contributed by atoms with Crippen LogP contribution in [-0.4, -0.2) is 13.2 Å². The fourth-order valence-electron chi connectivity index (χ4n) is 1.29. The van der Waals surface area contributed by atoms with Crippen LogP contribution in [0.5, 0.6) is 5.75 Å². The zero-order valence-electron chi connectivity index (χ0n) is 9.58. The van der Waals surface area contributed by atoms with E-state index in [9.17, 15) is 0 Å². The second-order valence-corrected chi connectivity index (χ2v) is 3.75. The van der Waals surface area contributed by atoms with Crippen molar-refractivity contribution in [3.8, 4) is 5.75 Å². The van der Waals surface area contributed by atoms with E-state index in [1.54, 1.807) is 6.08 Å². The summed E-state index contributed by atoms with van der Waals surface area (Å²) < 4.78 is 5.44. The molecule has 1 N–H and O–H groups in total. The van der Waals surface area contributed by atoms with Crippen molar-refractivity contribution in [3.05, 3.63) is 41.4 Å². The Bertz CT molecular complexity index is 308. The van der Waals surface area contributed by atoms with Crippen LogP contribution >= 0.6 is 11.6 Å². The summed E-state index contributed by atoms with van der Waals surface area (Å²) in [6.45, 7) is 4.64. The van der Waals surface area contributed by atoms with E-state index in [1.165, 1.54) is 11.1 Å². The summed E-state index contributed by atoms with van der Waals surface area (Å²) >= 11 is 5.40. The van der Waals surface area contributed by atoms with Crippen molar-refractivity contribution in [2.75, 3.05) is 13.2 Å². The van der Waals surface area contributed by atoms with Gasteiger partial charge in [0.15, 0.2) is 0 Å². The molecule has 0 saturated carbocycles. The molecule has 3 heteroatoms. The molecule has 0 amide bonds. The highest BCUT2D eigenvalue weighted by atomic mass is 35.5. The van der Waals surface area contributed by atoms with E-state index in [2.05, 4.69) is 24.4 Å². The van der Waals surface area contributed by atoms with E-state index in [4.69, 9.17) is 16.3 Å². The molecular weight excluding hydrogens is 222 g/mol. The van der Waals surface area contributed by atoms with Gasteiger partial charge in [0.05, 0.1) is 0 Å². The summed E-state index contributed by atoms with van der Waals surface area (Å²) in [5.74, 6) is 0.869. The van der Waals surface area contributed by atoms with Crippen LogP contribution in [0.2, 0.25) is 0 Å². The van der Waals surface area contributed by atoms with Crippen molar-refractivity contribution in [3.63, 3.8) is 0 Å². The van der Waals surface area contributed by atoms with E-state index in [0.29, 0.717) is 6.61 Å². The standard InChI is InChI=1S/C13H18ClNO/c1-2-9-15-11-12-4-6-13(7-5-12)16-10-3-8-14/h3-8,15H,2,9-11H2,1H3/b8-3+. The Morgan fingerprint density at radius 2 is 2.06 bits per heavy atom. The van der Waals surface area contributed by atoms with Gasteiger partial charge in [0.1, 0.15) is 12.4 Å². The highest BCUT2D eigenvalue weighted by molar-refractivity contribution is 6.25. The SMILES string of the molecule is CCCNCc1ccc(OC/C=C/Cl)cc1. The first-order valence-electron chi connectivity index (χ1n) is 5.54. The maximum Gasteiger partial charge on any atom is 0.119 e. The van der Waals surface area contributed by atoms with Gasteiger partial charge >= 0.3 is 0 Å². The predicted octanol–water partition coefficient (Wildman–Crippen LogP) is 3.32. The van der Waals surface area contributed by atoms with E-state index in [0.717, 1.165) is 25.3 Å². The van der Waals surface area contributed by atoms with Crippen LogP contribution in [0.25, 0.3) is 0 Å². The molecule has 0 aliphatic carbocycles. The minimum absolute atomic E-state index is 0.511. The third-order valence-corrected chi connectivity index (χ3v) is 2.29. The largest absolute Gasteiger partial charge is 0.490 e. The van der Waals surface area contributed by atoms with Crippen molar-refractivity contribution in [2.24, 2.45) is 0 Å². The van der Waals surface area contributed by atoms with Gasteiger partial charge in [-0.2, -0.15) is 0 Å². The van der Waals surface area contributed by atoms with Crippen LogP contribution in [0.4, 0.5) is 0 Å². The van der Waals surface area contributed by atoms with E-state index in [-0.39, 0.29) is 0 Å². The average molecular weight is 240 g/mol. The number of ether oxygens (including phenoxy) is 1. The maximum atomic E-state index is 5.44. The summed E-state index contributed by atoms with van der Waals surface area (Å²) in [5.41, 5.74) is 2.73. The molecule has 1 rings (SSSR count). The average Bonchev–Trinajstić information content (AvgIpc) is 2.32. The number of hydrogen-bond donors (Lipinski definition) is 1. The van der Waals surface area contributed by atoms with Crippen LogP contribution in [0.1, 0.15) is 18.9 Å². The number of benzene rings is 1. The molecule has 1 aromatic rings. The van der Waals surface area contributed by atoms with E-state index in [1.807, 2.05) is 12.1 Å². The lowest BCUT2D eigenvalue weighted by Crippen LogP contribution is -2.13. The summed E-state index contributed by atoms with van der Waals surface area (Å²) in [5, 5.41) is 3.35. The molecule has 0 saturated heterocycles. The summed E-state index contributed by atoms with van der Waals surface area (Å²) in [6.07, 6.45) is 2.92. The molecule has 0 unspecified atom stereocenters. The molecule has 2 nitrogen and oxygen atoms in total. The Kier molecular flexibility index (Phi) is 6.70. The molecule has 0 bridgehead atoms. The van der Waals surface area contributed by atoms with Gasteiger partial charge in [0, 0.05) is 12.1 Å². The van der Waals surface area contributed by atoms with Gasteiger partial charge in [0.25, 0.3) is 0 Å². The number of rotatable bonds is 7. The maximum absolute atomic E-state index is 5.44. The molecule has 0 fully saturated rings. The van der Waals surface area contributed by atoms with Crippen LogP contribution in [0.15, 0.2) is 35.9 Å². The van der Waals surface area contributed by atoms with Crippen LogP contribution < -0.4 is 10.1 Å². The van der Waals surface area contributed by atoms with Gasteiger partial charge in [-0.1, -0.05) is 30.7 Å². The predicted molar refractivity (Wildman–Crippen MR) is 68.9 cm³/mol. The van der Waals surface area contributed by atoms with Crippen LogP contribution in [0.3, 0.4) is 0 Å². The van der Waals surface area contributed by atoms with Gasteiger partial charge in [-0.3, -0.25) is 0 Å². The van der Waals surface area contributed by atoms with E-state index < -0.39 is 0 Å². The Morgan fingerprint density at radius 3 is 2.69 bits per heavy atom. The Morgan fingerprint density at radius 1 is 1.31 bits per heavy atom. The van der Waals surface area contributed by atoms with Gasteiger partial charge in [-0.15, -0.1) is 0 Å². The third kappa shape index (κ3) is 5.19. The van der Waals surface area contributed by atoms with Crippen molar-refractivity contribution >= 4 is 11.6 Å². The molecule has 0 heterocycles. The molecule has 16 heavy (non-hydrogen) atoms. The number of halogens is 1. The highest BCUT2D eigenvalue weighted by Gasteiger charge is 1.94. The summed E-state index contributed by atoms with van der Waals surface area (Å²) in [4.78, 5) is 0. The molecule has 0 atom stereocenters. The first kappa shape index (κ1) is 13.1. The Labute approximate surface area is 102 Å². The lowest BCUT2D eigenvalue weighted by atomic mass is 10.2. The van der Waals surface area contributed by atoms with Gasteiger partial charge in [0.2, 0.25) is 0 Å². The lowest BCUT2D eigenvalue weighted by Gasteiger charge is -2.06. The van der Waals surface area contributed by atoms with Crippen molar-refractivity contribution < 1.29 is 4.74 Å². The zero-order valence-corrected chi connectivity index (χ0v) is 10.3. The molecule has 88 valence electrons. The quantitative estimate of drug-likeness (QED) is 0.737. The monoisotopic (exact) mass is 239 g/mol. The van der Waals surface area contributed by atoms with Gasteiger partial charge < -0.3 is 10.1 Å². The van der Waals surface area contributed by atoms with Gasteiger partial charge in [-0.25, -0.2) is 0 Å². The zero-order chi connectivity index (χ0) is 11.6. The lowest BCUT2D eigenvalue weighted by molar-refractivity contribution is 0.363. The minimum Gasteiger partial charge on any atom is -0.490 e.